The van der Waals surface area contributed by atoms with Crippen LogP contribution in [-0.2, 0) is 0 Å². The topological polar surface area (TPSA) is 21.3 Å². The molecule has 1 aromatic carbocycles. The molecule has 0 amide bonds. The summed E-state index contributed by atoms with van der Waals surface area (Å²) in [6.45, 7) is 5.44. The minimum atomic E-state index is 0.365. The molecule has 0 radical (unpaired) electrons. The van der Waals surface area contributed by atoms with Crippen molar-refractivity contribution in [1.82, 2.24) is 5.32 Å². The minimum Gasteiger partial charge on any atom is -0.497 e. The highest BCUT2D eigenvalue weighted by Gasteiger charge is 2.07. The van der Waals surface area contributed by atoms with Gasteiger partial charge in [0.15, 0.2) is 0 Å². The number of hydrogen-bond donors (Lipinski definition) is 1. The normalized spacial score (nSPS) is 14.5. The Kier molecular flexibility index (Phi) is 5.71. The van der Waals surface area contributed by atoms with E-state index in [1.165, 1.54) is 5.56 Å². The Morgan fingerprint density at radius 2 is 2.12 bits per heavy atom. The predicted octanol–water partition coefficient (Wildman–Crippen LogP) is 3.10. The fourth-order valence-corrected chi connectivity index (χ4v) is 1.72. The second-order valence-electron chi connectivity index (χ2n) is 3.95. The van der Waals surface area contributed by atoms with Gasteiger partial charge in [-0.1, -0.05) is 19.1 Å². The first-order valence-corrected chi connectivity index (χ1v) is 6.86. The zero-order valence-electron chi connectivity index (χ0n) is 10.5. The van der Waals surface area contributed by atoms with Crippen molar-refractivity contribution in [3.63, 3.8) is 0 Å². The number of benzene rings is 1. The first-order valence-electron chi connectivity index (χ1n) is 5.57. The zero-order valence-corrected chi connectivity index (χ0v) is 11.3. The number of rotatable bonds is 6. The van der Waals surface area contributed by atoms with Crippen LogP contribution in [-0.4, -0.2) is 25.2 Å². The molecule has 0 aliphatic carbocycles. The van der Waals surface area contributed by atoms with Crippen LogP contribution in [0, 0.1) is 0 Å². The highest BCUT2D eigenvalue weighted by atomic mass is 32.2. The molecule has 0 heterocycles. The van der Waals surface area contributed by atoms with Gasteiger partial charge >= 0.3 is 0 Å². The van der Waals surface area contributed by atoms with Crippen LogP contribution < -0.4 is 10.1 Å². The molecular weight excluding hydrogens is 218 g/mol. The molecule has 2 nitrogen and oxygen atoms in total. The Morgan fingerprint density at radius 3 is 2.75 bits per heavy atom. The molecule has 16 heavy (non-hydrogen) atoms. The standard InChI is InChI=1S/C13H21NOS/c1-10(16-4)9-14-11(2)12-6-5-7-13(8-12)15-3/h5-8,10-11,14H,9H2,1-4H3. The van der Waals surface area contributed by atoms with Gasteiger partial charge in [0.2, 0.25) is 0 Å². The lowest BCUT2D eigenvalue weighted by molar-refractivity contribution is 0.413. The van der Waals surface area contributed by atoms with Crippen molar-refractivity contribution in [3.05, 3.63) is 29.8 Å². The summed E-state index contributed by atoms with van der Waals surface area (Å²) in [6, 6.07) is 8.58. The Hall–Kier alpha value is -0.670. The van der Waals surface area contributed by atoms with Gasteiger partial charge in [-0.2, -0.15) is 11.8 Å². The molecule has 1 aromatic rings. The molecule has 0 saturated heterocycles. The Balaban J connectivity index is 2.54. The van der Waals surface area contributed by atoms with E-state index in [0.29, 0.717) is 11.3 Å². The van der Waals surface area contributed by atoms with E-state index in [1.807, 2.05) is 23.9 Å². The van der Waals surface area contributed by atoms with E-state index in [2.05, 4.69) is 37.6 Å². The van der Waals surface area contributed by atoms with Gasteiger partial charge < -0.3 is 10.1 Å². The van der Waals surface area contributed by atoms with Gasteiger partial charge in [-0.25, -0.2) is 0 Å². The monoisotopic (exact) mass is 239 g/mol. The molecule has 1 N–H and O–H groups in total. The van der Waals surface area contributed by atoms with Crippen molar-refractivity contribution in [2.75, 3.05) is 19.9 Å². The first kappa shape index (κ1) is 13.4. The minimum absolute atomic E-state index is 0.365. The molecule has 1 rings (SSSR count). The van der Waals surface area contributed by atoms with Gasteiger partial charge in [-0.15, -0.1) is 0 Å². The fourth-order valence-electron chi connectivity index (χ4n) is 1.45. The van der Waals surface area contributed by atoms with Gasteiger partial charge in [-0.3, -0.25) is 0 Å². The van der Waals surface area contributed by atoms with E-state index < -0.39 is 0 Å². The molecule has 0 spiro atoms. The van der Waals surface area contributed by atoms with E-state index in [-0.39, 0.29) is 0 Å². The summed E-state index contributed by atoms with van der Waals surface area (Å²) in [4.78, 5) is 0. The molecule has 0 aromatic heterocycles. The van der Waals surface area contributed by atoms with E-state index in [4.69, 9.17) is 4.74 Å². The van der Waals surface area contributed by atoms with Crippen LogP contribution in [0.1, 0.15) is 25.5 Å². The fraction of sp³-hybridized carbons (Fsp3) is 0.538. The van der Waals surface area contributed by atoms with Gasteiger partial charge in [0.05, 0.1) is 7.11 Å². The third-order valence-electron chi connectivity index (χ3n) is 2.71. The maximum absolute atomic E-state index is 5.22. The molecule has 2 atom stereocenters. The second-order valence-corrected chi connectivity index (χ2v) is 5.23. The summed E-state index contributed by atoms with van der Waals surface area (Å²) >= 11 is 1.88. The first-order chi connectivity index (χ1) is 7.67. The Morgan fingerprint density at radius 1 is 1.38 bits per heavy atom. The smallest absolute Gasteiger partial charge is 0.119 e. The number of ether oxygens (including phenoxy) is 1. The lowest BCUT2D eigenvalue weighted by atomic mass is 10.1. The van der Waals surface area contributed by atoms with Crippen molar-refractivity contribution >= 4 is 11.8 Å². The molecule has 0 fully saturated rings. The second kappa shape index (κ2) is 6.81. The van der Waals surface area contributed by atoms with Crippen molar-refractivity contribution in [2.45, 2.75) is 25.1 Å². The van der Waals surface area contributed by atoms with Crippen LogP contribution in [0.4, 0.5) is 0 Å². The molecule has 90 valence electrons. The maximum atomic E-state index is 5.22. The third kappa shape index (κ3) is 4.06. The highest BCUT2D eigenvalue weighted by Crippen LogP contribution is 2.19. The molecule has 2 unspecified atom stereocenters. The van der Waals surface area contributed by atoms with Gasteiger partial charge in [0.1, 0.15) is 5.75 Å². The number of thioether (sulfide) groups is 1. The lowest BCUT2D eigenvalue weighted by Crippen LogP contribution is -2.25. The van der Waals surface area contributed by atoms with Gasteiger partial charge in [0, 0.05) is 17.8 Å². The number of nitrogens with one attached hydrogen (secondary N) is 1. The molecule has 0 aliphatic rings. The third-order valence-corrected chi connectivity index (χ3v) is 3.68. The molecule has 0 saturated carbocycles. The van der Waals surface area contributed by atoms with Crippen molar-refractivity contribution in [1.29, 1.82) is 0 Å². The van der Waals surface area contributed by atoms with Crippen LogP contribution in [0.25, 0.3) is 0 Å². The van der Waals surface area contributed by atoms with Crippen LogP contribution in [0.2, 0.25) is 0 Å². The van der Waals surface area contributed by atoms with Crippen molar-refractivity contribution in [2.24, 2.45) is 0 Å². The lowest BCUT2D eigenvalue weighted by Gasteiger charge is -2.17. The van der Waals surface area contributed by atoms with Crippen molar-refractivity contribution < 1.29 is 4.74 Å². The summed E-state index contributed by atoms with van der Waals surface area (Å²) in [6.07, 6.45) is 2.14. The Labute approximate surface area is 103 Å². The van der Waals surface area contributed by atoms with Crippen LogP contribution in [0.3, 0.4) is 0 Å². The number of hydrogen-bond acceptors (Lipinski definition) is 3. The summed E-state index contributed by atoms with van der Waals surface area (Å²) < 4.78 is 5.22. The van der Waals surface area contributed by atoms with Crippen LogP contribution in [0.5, 0.6) is 5.75 Å². The largest absolute Gasteiger partial charge is 0.497 e. The molecule has 3 heteroatoms. The Bertz CT molecular complexity index is 317. The van der Waals surface area contributed by atoms with Gasteiger partial charge in [-0.05, 0) is 30.9 Å². The SMILES string of the molecule is COc1cccc(C(C)NCC(C)SC)c1. The van der Waals surface area contributed by atoms with Crippen LogP contribution in [0.15, 0.2) is 24.3 Å². The quantitative estimate of drug-likeness (QED) is 0.824. The molecule has 0 aliphatic heterocycles. The summed E-state index contributed by atoms with van der Waals surface area (Å²) in [5, 5.41) is 4.17. The molecular formula is C13H21NOS. The zero-order chi connectivity index (χ0) is 12.0. The van der Waals surface area contributed by atoms with Crippen molar-refractivity contribution in [3.8, 4) is 5.75 Å². The molecule has 0 bridgehead atoms. The van der Waals surface area contributed by atoms with E-state index in [9.17, 15) is 0 Å². The summed E-state index contributed by atoms with van der Waals surface area (Å²) in [7, 11) is 1.70. The van der Waals surface area contributed by atoms with E-state index >= 15 is 0 Å². The maximum Gasteiger partial charge on any atom is 0.119 e. The average Bonchev–Trinajstić information content (AvgIpc) is 2.35. The average molecular weight is 239 g/mol. The van der Waals surface area contributed by atoms with E-state index in [0.717, 1.165) is 12.3 Å². The van der Waals surface area contributed by atoms with E-state index in [1.54, 1.807) is 7.11 Å². The summed E-state index contributed by atoms with van der Waals surface area (Å²) in [5.41, 5.74) is 1.27. The van der Waals surface area contributed by atoms with Gasteiger partial charge in [0.25, 0.3) is 0 Å². The highest BCUT2D eigenvalue weighted by molar-refractivity contribution is 7.99. The number of methoxy groups -OCH3 is 1. The van der Waals surface area contributed by atoms with Crippen LogP contribution >= 0.6 is 11.8 Å². The predicted molar refractivity (Wildman–Crippen MR) is 72.4 cm³/mol. The summed E-state index contributed by atoms with van der Waals surface area (Å²) in [5.74, 6) is 0.920.